The Morgan fingerprint density at radius 3 is 2.35 bits per heavy atom. The van der Waals surface area contributed by atoms with Crippen LogP contribution in [0.2, 0.25) is 10.0 Å². The Morgan fingerprint density at radius 1 is 1.00 bits per heavy atom. The SMILES string of the molecule is CS(=O)(=O)N(CCCC(=O)N(Cc1ccccc1F)[C@H](Cc1ccccc1)C(=O)NC1CCCC1)c1cc(Cl)ccc1Cl. The first-order chi connectivity index (χ1) is 20.5. The van der Waals surface area contributed by atoms with Crippen molar-refractivity contribution in [3.8, 4) is 0 Å². The maximum Gasteiger partial charge on any atom is 0.243 e. The first-order valence-electron chi connectivity index (χ1n) is 14.3. The van der Waals surface area contributed by atoms with E-state index in [0.717, 1.165) is 41.8 Å². The number of carbonyl (C=O) groups is 2. The molecule has 1 aliphatic rings. The molecule has 43 heavy (non-hydrogen) atoms. The fourth-order valence-electron chi connectivity index (χ4n) is 5.39. The van der Waals surface area contributed by atoms with E-state index in [0.29, 0.717) is 5.02 Å². The van der Waals surface area contributed by atoms with Crippen LogP contribution in [0.15, 0.2) is 72.8 Å². The van der Waals surface area contributed by atoms with Crippen molar-refractivity contribution in [2.75, 3.05) is 17.1 Å². The second-order valence-electron chi connectivity index (χ2n) is 10.8. The third kappa shape index (κ3) is 9.17. The highest BCUT2D eigenvalue weighted by Crippen LogP contribution is 2.31. The summed E-state index contributed by atoms with van der Waals surface area (Å²) in [6, 6.07) is 19.2. The van der Waals surface area contributed by atoms with Crippen molar-refractivity contribution in [2.24, 2.45) is 0 Å². The molecule has 2 amide bonds. The van der Waals surface area contributed by atoms with Gasteiger partial charge in [-0.2, -0.15) is 0 Å². The molecule has 11 heteroatoms. The van der Waals surface area contributed by atoms with Crippen LogP contribution in [-0.2, 0) is 32.6 Å². The predicted molar refractivity (Wildman–Crippen MR) is 169 cm³/mol. The third-order valence-corrected chi connectivity index (χ3v) is 9.33. The molecule has 1 fully saturated rings. The van der Waals surface area contributed by atoms with Crippen LogP contribution < -0.4 is 9.62 Å². The Bertz CT molecular complexity index is 1520. The second kappa shape index (κ2) is 15.0. The van der Waals surface area contributed by atoms with Crippen LogP contribution in [0.3, 0.4) is 0 Å². The molecule has 0 saturated heterocycles. The van der Waals surface area contributed by atoms with Crippen molar-refractivity contribution < 1.29 is 22.4 Å². The number of rotatable bonds is 13. The highest BCUT2D eigenvalue weighted by molar-refractivity contribution is 7.92. The summed E-state index contributed by atoms with van der Waals surface area (Å²) < 4.78 is 41.3. The molecule has 230 valence electrons. The summed E-state index contributed by atoms with van der Waals surface area (Å²) in [5.41, 5.74) is 1.36. The number of nitrogens with one attached hydrogen (secondary N) is 1. The van der Waals surface area contributed by atoms with Gasteiger partial charge in [0, 0.05) is 42.6 Å². The molecule has 0 radical (unpaired) electrons. The topological polar surface area (TPSA) is 86.8 Å². The molecule has 0 bridgehead atoms. The summed E-state index contributed by atoms with van der Waals surface area (Å²) >= 11 is 12.4. The molecule has 0 spiro atoms. The van der Waals surface area contributed by atoms with Crippen LogP contribution in [0.25, 0.3) is 0 Å². The highest BCUT2D eigenvalue weighted by Gasteiger charge is 2.32. The molecule has 3 aromatic rings. The molecule has 1 aliphatic carbocycles. The summed E-state index contributed by atoms with van der Waals surface area (Å²) in [7, 11) is -3.76. The van der Waals surface area contributed by atoms with Crippen molar-refractivity contribution in [2.45, 2.75) is 63.6 Å². The summed E-state index contributed by atoms with van der Waals surface area (Å²) in [6.45, 7) is -0.160. The first kappa shape index (κ1) is 32.8. The van der Waals surface area contributed by atoms with Gasteiger partial charge in [-0.3, -0.25) is 13.9 Å². The maximum absolute atomic E-state index is 14.8. The van der Waals surface area contributed by atoms with Crippen molar-refractivity contribution in [1.29, 1.82) is 0 Å². The molecule has 0 aromatic heterocycles. The number of carbonyl (C=O) groups excluding carboxylic acids is 2. The molecular weight excluding hydrogens is 612 g/mol. The van der Waals surface area contributed by atoms with Gasteiger partial charge in [0.1, 0.15) is 11.9 Å². The lowest BCUT2D eigenvalue weighted by Gasteiger charge is -2.33. The Hall–Kier alpha value is -3.14. The van der Waals surface area contributed by atoms with Crippen LogP contribution in [0, 0.1) is 5.82 Å². The van der Waals surface area contributed by atoms with Gasteiger partial charge >= 0.3 is 0 Å². The van der Waals surface area contributed by atoms with E-state index in [1.807, 2.05) is 30.3 Å². The van der Waals surface area contributed by atoms with Gasteiger partial charge in [0.05, 0.1) is 17.0 Å². The molecule has 4 rings (SSSR count). The zero-order chi connectivity index (χ0) is 31.0. The Labute approximate surface area is 263 Å². The lowest BCUT2D eigenvalue weighted by Crippen LogP contribution is -2.52. The monoisotopic (exact) mass is 647 g/mol. The summed E-state index contributed by atoms with van der Waals surface area (Å²) in [5.74, 6) is -1.16. The third-order valence-electron chi connectivity index (χ3n) is 7.60. The molecule has 0 unspecified atom stereocenters. The molecule has 7 nitrogen and oxygen atoms in total. The van der Waals surface area contributed by atoms with Gasteiger partial charge in [0.2, 0.25) is 21.8 Å². The Morgan fingerprint density at radius 2 is 1.67 bits per heavy atom. The standard InChI is InChI=1S/C32H36Cl2FN3O4S/c1-43(41,42)38(29-21-25(33)17-18-27(29)34)19-9-16-31(39)37(22-24-12-5-8-15-28(24)35)30(20-23-10-3-2-4-11-23)32(40)36-26-13-6-7-14-26/h2-5,8,10-12,15,17-18,21,26,30H,6-7,9,13-14,16,19-20,22H2,1H3,(H,36,40)/t30-/m1/s1. The number of nitrogens with zero attached hydrogens (tertiary/aromatic N) is 2. The normalized spacial score (nSPS) is 14.3. The van der Waals surface area contributed by atoms with Gasteiger partial charge < -0.3 is 10.2 Å². The average molecular weight is 649 g/mol. The van der Waals surface area contributed by atoms with Crippen molar-refractivity contribution in [1.82, 2.24) is 10.2 Å². The fraction of sp³-hybridized carbons (Fsp3) is 0.375. The number of hydrogen-bond acceptors (Lipinski definition) is 4. The fourth-order valence-corrected chi connectivity index (χ4v) is 6.80. The largest absolute Gasteiger partial charge is 0.352 e. The minimum atomic E-state index is -3.76. The number of benzene rings is 3. The zero-order valence-corrected chi connectivity index (χ0v) is 26.3. The van der Waals surface area contributed by atoms with E-state index in [1.54, 1.807) is 24.3 Å². The van der Waals surface area contributed by atoms with E-state index >= 15 is 0 Å². The minimum Gasteiger partial charge on any atom is -0.352 e. The quantitative estimate of drug-likeness (QED) is 0.233. The van der Waals surface area contributed by atoms with Crippen molar-refractivity contribution in [3.05, 3.63) is 99.8 Å². The van der Waals surface area contributed by atoms with Crippen LogP contribution in [0.1, 0.15) is 49.7 Å². The lowest BCUT2D eigenvalue weighted by atomic mass is 10.0. The van der Waals surface area contributed by atoms with E-state index in [-0.39, 0.29) is 60.6 Å². The zero-order valence-electron chi connectivity index (χ0n) is 24.0. The smallest absolute Gasteiger partial charge is 0.243 e. The molecule has 0 aliphatic heterocycles. The van der Waals surface area contributed by atoms with E-state index < -0.39 is 27.8 Å². The number of sulfonamides is 1. The molecule has 1 atom stereocenters. The van der Waals surface area contributed by atoms with Crippen LogP contribution in [0.4, 0.5) is 10.1 Å². The summed E-state index contributed by atoms with van der Waals surface area (Å²) in [6.07, 6.45) is 5.15. The molecule has 1 saturated carbocycles. The molecule has 1 N–H and O–H groups in total. The number of anilines is 1. The first-order valence-corrected chi connectivity index (χ1v) is 16.9. The Kier molecular flexibility index (Phi) is 11.5. The average Bonchev–Trinajstić information content (AvgIpc) is 3.48. The molecule has 3 aromatic carbocycles. The van der Waals surface area contributed by atoms with Gasteiger partial charge in [-0.05, 0) is 49.1 Å². The lowest BCUT2D eigenvalue weighted by molar-refractivity contribution is -0.141. The van der Waals surface area contributed by atoms with Crippen LogP contribution >= 0.6 is 23.2 Å². The van der Waals surface area contributed by atoms with E-state index in [4.69, 9.17) is 23.2 Å². The van der Waals surface area contributed by atoms with E-state index in [2.05, 4.69) is 5.32 Å². The summed E-state index contributed by atoms with van der Waals surface area (Å²) in [5, 5.41) is 3.64. The number of halogens is 3. The van der Waals surface area contributed by atoms with E-state index in [9.17, 15) is 22.4 Å². The molecule has 0 heterocycles. The van der Waals surface area contributed by atoms with Gasteiger partial charge in [0.15, 0.2) is 0 Å². The second-order valence-corrected chi connectivity index (χ2v) is 13.6. The van der Waals surface area contributed by atoms with Crippen LogP contribution in [-0.4, -0.2) is 50.0 Å². The number of amides is 2. The molecular formula is C32H36Cl2FN3O4S. The highest BCUT2D eigenvalue weighted by atomic mass is 35.5. The maximum atomic E-state index is 14.8. The van der Waals surface area contributed by atoms with Gasteiger partial charge in [-0.25, -0.2) is 12.8 Å². The van der Waals surface area contributed by atoms with Gasteiger partial charge in [-0.1, -0.05) is 84.6 Å². The van der Waals surface area contributed by atoms with Crippen LogP contribution in [0.5, 0.6) is 0 Å². The van der Waals surface area contributed by atoms with E-state index in [1.165, 1.54) is 23.1 Å². The minimum absolute atomic E-state index is 0.0296. The summed E-state index contributed by atoms with van der Waals surface area (Å²) in [4.78, 5) is 29.1. The number of hydrogen-bond donors (Lipinski definition) is 1. The Balaban J connectivity index is 1.61. The van der Waals surface area contributed by atoms with Gasteiger partial charge in [-0.15, -0.1) is 0 Å². The predicted octanol–water partition coefficient (Wildman–Crippen LogP) is 6.38. The van der Waals surface area contributed by atoms with Crippen molar-refractivity contribution >= 4 is 50.7 Å². The van der Waals surface area contributed by atoms with Gasteiger partial charge in [0.25, 0.3) is 0 Å². The van der Waals surface area contributed by atoms with Crippen molar-refractivity contribution in [3.63, 3.8) is 0 Å².